The summed E-state index contributed by atoms with van der Waals surface area (Å²) in [7, 11) is 1.68. The highest BCUT2D eigenvalue weighted by atomic mass is 16.5. The van der Waals surface area contributed by atoms with Crippen LogP contribution in [0, 0.1) is 6.92 Å². The van der Waals surface area contributed by atoms with Gasteiger partial charge in [0.2, 0.25) is 5.91 Å². The van der Waals surface area contributed by atoms with E-state index in [1.165, 1.54) is 16.8 Å². The lowest BCUT2D eigenvalue weighted by molar-refractivity contribution is -0.131. The molecular formula is C31H36N4O3. The monoisotopic (exact) mass is 512 g/mol. The fourth-order valence-corrected chi connectivity index (χ4v) is 6.12. The molecule has 0 radical (unpaired) electrons. The maximum absolute atomic E-state index is 13.9. The molecule has 7 nitrogen and oxygen atoms in total. The fourth-order valence-electron chi connectivity index (χ4n) is 6.12. The Morgan fingerprint density at radius 2 is 1.92 bits per heavy atom. The van der Waals surface area contributed by atoms with E-state index in [1.54, 1.807) is 13.4 Å². The number of carbonyl (C=O) groups excluding carboxylic acids is 1. The molecule has 0 unspecified atom stereocenters. The van der Waals surface area contributed by atoms with Gasteiger partial charge in [0, 0.05) is 37.1 Å². The Morgan fingerprint density at radius 1 is 1.05 bits per heavy atom. The highest BCUT2D eigenvalue weighted by molar-refractivity contribution is 5.99. The number of hydrogen-bond acceptors (Lipinski definition) is 5. The largest absolute Gasteiger partial charge is 0.495 e. The van der Waals surface area contributed by atoms with Crippen LogP contribution in [0.5, 0.6) is 5.75 Å². The van der Waals surface area contributed by atoms with Crippen molar-refractivity contribution in [3.8, 4) is 11.4 Å². The first-order valence-electron chi connectivity index (χ1n) is 13.8. The van der Waals surface area contributed by atoms with Crippen LogP contribution in [-0.2, 0) is 16.0 Å². The molecule has 6 rings (SSSR count). The van der Waals surface area contributed by atoms with Crippen LogP contribution >= 0.6 is 0 Å². The van der Waals surface area contributed by atoms with Gasteiger partial charge in [-0.3, -0.25) is 4.79 Å². The third-order valence-corrected chi connectivity index (χ3v) is 8.08. The summed E-state index contributed by atoms with van der Waals surface area (Å²) < 4.78 is 13.2. The standard InChI is InChI=1S/C31H36N4O3/c1-22-20-34(21-32-22)29-11-8-23(18-30(29)37-2)17-25-6-4-12-35(31(25)36)28-7-3-5-24-9-10-26(19-27(24)28)33-13-15-38-16-14-33/h8-11,17-21,28H,3-7,12-16H2,1-2H3/t28-/m0/s1. The minimum atomic E-state index is 0.136. The number of benzene rings is 2. The van der Waals surface area contributed by atoms with Crippen LogP contribution in [0.3, 0.4) is 0 Å². The Labute approximate surface area is 224 Å². The van der Waals surface area contributed by atoms with Crippen LogP contribution in [0.15, 0.2) is 54.5 Å². The predicted octanol–water partition coefficient (Wildman–Crippen LogP) is 5.11. The van der Waals surface area contributed by atoms with Crippen LogP contribution in [0.1, 0.15) is 54.1 Å². The summed E-state index contributed by atoms with van der Waals surface area (Å²) in [6.45, 7) is 6.16. The lowest BCUT2D eigenvalue weighted by Crippen LogP contribution is -2.41. The van der Waals surface area contributed by atoms with E-state index in [0.29, 0.717) is 0 Å². The zero-order valence-electron chi connectivity index (χ0n) is 22.4. The molecule has 1 amide bonds. The lowest BCUT2D eigenvalue weighted by atomic mass is 9.85. The summed E-state index contributed by atoms with van der Waals surface area (Å²) in [5, 5.41) is 0. The van der Waals surface area contributed by atoms with Gasteiger partial charge < -0.3 is 23.8 Å². The summed E-state index contributed by atoms with van der Waals surface area (Å²) in [5.41, 5.74) is 7.70. The first-order valence-corrected chi connectivity index (χ1v) is 13.8. The molecule has 0 spiro atoms. The second-order valence-corrected chi connectivity index (χ2v) is 10.5. The fraction of sp³-hybridized carbons (Fsp3) is 0.419. The van der Waals surface area contributed by atoms with Gasteiger partial charge in [-0.1, -0.05) is 12.1 Å². The number of carbonyl (C=O) groups is 1. The average Bonchev–Trinajstić information content (AvgIpc) is 3.40. The third kappa shape index (κ3) is 4.83. The molecular weight excluding hydrogens is 476 g/mol. The summed E-state index contributed by atoms with van der Waals surface area (Å²) >= 11 is 0. The van der Waals surface area contributed by atoms with E-state index in [9.17, 15) is 4.79 Å². The van der Waals surface area contributed by atoms with Crippen LogP contribution in [-0.4, -0.2) is 60.3 Å². The molecule has 1 aliphatic carbocycles. The topological polar surface area (TPSA) is 59.8 Å². The number of likely N-dealkylation sites (tertiary alicyclic amines) is 1. The van der Waals surface area contributed by atoms with E-state index in [1.807, 2.05) is 35.9 Å². The zero-order chi connectivity index (χ0) is 26.1. The number of ether oxygens (including phenoxy) is 2. The summed E-state index contributed by atoms with van der Waals surface area (Å²) in [6.07, 6.45) is 10.8. The number of imidazole rings is 1. The number of rotatable bonds is 5. The van der Waals surface area contributed by atoms with E-state index in [0.717, 1.165) is 93.2 Å². The molecule has 198 valence electrons. The molecule has 2 fully saturated rings. The Kier molecular flexibility index (Phi) is 6.94. The van der Waals surface area contributed by atoms with Gasteiger partial charge in [0.05, 0.1) is 44.1 Å². The molecule has 3 aromatic rings. The number of aromatic nitrogens is 2. The van der Waals surface area contributed by atoms with Crippen molar-refractivity contribution < 1.29 is 14.3 Å². The Bertz CT molecular complexity index is 1350. The van der Waals surface area contributed by atoms with Gasteiger partial charge >= 0.3 is 0 Å². The average molecular weight is 513 g/mol. The molecule has 38 heavy (non-hydrogen) atoms. The lowest BCUT2D eigenvalue weighted by Gasteiger charge is -2.39. The first-order chi connectivity index (χ1) is 18.6. The van der Waals surface area contributed by atoms with Crippen molar-refractivity contribution in [1.82, 2.24) is 14.5 Å². The van der Waals surface area contributed by atoms with Gasteiger partial charge in [-0.2, -0.15) is 0 Å². The van der Waals surface area contributed by atoms with Crippen LogP contribution in [0.2, 0.25) is 0 Å². The van der Waals surface area contributed by atoms with E-state index in [-0.39, 0.29) is 11.9 Å². The molecule has 0 saturated carbocycles. The smallest absolute Gasteiger partial charge is 0.250 e. The zero-order valence-corrected chi connectivity index (χ0v) is 22.4. The molecule has 3 heterocycles. The van der Waals surface area contributed by atoms with Gasteiger partial charge in [-0.15, -0.1) is 0 Å². The van der Waals surface area contributed by atoms with E-state index >= 15 is 0 Å². The number of amides is 1. The van der Waals surface area contributed by atoms with E-state index in [4.69, 9.17) is 9.47 Å². The normalized spacial score (nSPS) is 21.1. The summed E-state index contributed by atoms with van der Waals surface area (Å²) in [6, 6.07) is 13.1. The molecule has 1 atom stereocenters. The maximum atomic E-state index is 13.9. The molecule has 2 aliphatic heterocycles. The Hall–Kier alpha value is -3.58. The summed E-state index contributed by atoms with van der Waals surface area (Å²) in [5.74, 6) is 0.924. The quantitative estimate of drug-likeness (QED) is 0.445. The van der Waals surface area contributed by atoms with Crippen molar-refractivity contribution in [2.45, 2.75) is 45.1 Å². The Balaban J connectivity index is 1.27. The molecule has 7 heteroatoms. The molecule has 0 bridgehead atoms. The van der Waals surface area contributed by atoms with Crippen molar-refractivity contribution in [3.63, 3.8) is 0 Å². The SMILES string of the molecule is COc1cc(C=C2CCCN([C@H]3CCCc4ccc(N5CCOCC5)cc43)C2=O)ccc1-n1cnc(C)c1. The number of morpholine rings is 1. The number of nitrogens with zero attached hydrogens (tertiary/aromatic N) is 4. The summed E-state index contributed by atoms with van der Waals surface area (Å²) in [4.78, 5) is 22.7. The number of anilines is 1. The van der Waals surface area contributed by atoms with Crippen molar-refractivity contribution in [2.24, 2.45) is 0 Å². The van der Waals surface area contributed by atoms with Crippen molar-refractivity contribution in [3.05, 3.63) is 76.9 Å². The minimum Gasteiger partial charge on any atom is -0.495 e. The second-order valence-electron chi connectivity index (χ2n) is 10.5. The molecule has 1 aromatic heterocycles. The predicted molar refractivity (Wildman–Crippen MR) is 149 cm³/mol. The van der Waals surface area contributed by atoms with Crippen molar-refractivity contribution >= 4 is 17.7 Å². The number of fused-ring (bicyclic) bond motifs is 1. The number of piperidine rings is 1. The highest BCUT2D eigenvalue weighted by Gasteiger charge is 2.33. The van der Waals surface area contributed by atoms with E-state index < -0.39 is 0 Å². The molecule has 2 saturated heterocycles. The second kappa shape index (κ2) is 10.7. The van der Waals surface area contributed by atoms with Gasteiger partial charge in [0.15, 0.2) is 0 Å². The highest BCUT2D eigenvalue weighted by Crippen LogP contribution is 2.39. The van der Waals surface area contributed by atoms with E-state index in [2.05, 4.69) is 39.0 Å². The van der Waals surface area contributed by atoms with Gasteiger partial charge in [-0.25, -0.2) is 4.98 Å². The van der Waals surface area contributed by atoms with Gasteiger partial charge in [0.25, 0.3) is 0 Å². The van der Waals surface area contributed by atoms with Gasteiger partial charge in [0.1, 0.15) is 5.75 Å². The van der Waals surface area contributed by atoms with Crippen LogP contribution in [0.4, 0.5) is 5.69 Å². The van der Waals surface area contributed by atoms with Crippen LogP contribution in [0.25, 0.3) is 11.8 Å². The molecule has 0 N–H and O–H groups in total. The Morgan fingerprint density at radius 3 is 2.71 bits per heavy atom. The minimum absolute atomic E-state index is 0.136. The number of hydrogen-bond donors (Lipinski definition) is 0. The number of aryl methyl sites for hydroxylation is 2. The molecule has 2 aromatic carbocycles. The van der Waals surface area contributed by atoms with Gasteiger partial charge in [-0.05, 0) is 86.1 Å². The van der Waals surface area contributed by atoms with Crippen molar-refractivity contribution in [1.29, 1.82) is 0 Å². The van der Waals surface area contributed by atoms with Crippen molar-refractivity contribution in [2.75, 3.05) is 44.9 Å². The number of methoxy groups -OCH3 is 1. The maximum Gasteiger partial charge on any atom is 0.250 e. The third-order valence-electron chi connectivity index (χ3n) is 8.08. The molecule has 3 aliphatic rings. The van der Waals surface area contributed by atoms with Crippen LogP contribution < -0.4 is 9.64 Å². The first kappa shape index (κ1) is 24.7.